The van der Waals surface area contributed by atoms with Gasteiger partial charge in [0, 0.05) is 6.42 Å². The van der Waals surface area contributed by atoms with Gasteiger partial charge in [0.15, 0.2) is 16.6 Å². The highest BCUT2D eigenvalue weighted by Crippen LogP contribution is 2.30. The third-order valence-electron chi connectivity index (χ3n) is 3.37. The summed E-state index contributed by atoms with van der Waals surface area (Å²) in [7, 11) is -3.22. The highest BCUT2D eigenvalue weighted by atomic mass is 28.4. The molecule has 0 bridgehead atoms. The van der Waals surface area contributed by atoms with Gasteiger partial charge in [-0.1, -0.05) is 35.9 Å². The van der Waals surface area contributed by atoms with Crippen LogP contribution in [0.3, 0.4) is 0 Å². The van der Waals surface area contributed by atoms with Crippen LogP contribution in [-0.2, 0) is 8.85 Å². The molecule has 0 fully saturated rings. The molecule has 2 atom stereocenters. The Morgan fingerprint density at radius 2 is 1.48 bits per heavy atom. The Hall–Kier alpha value is -0.686. The van der Waals surface area contributed by atoms with Crippen LogP contribution in [-0.4, -0.2) is 22.7 Å². The van der Waals surface area contributed by atoms with Crippen LogP contribution in [0.15, 0.2) is 36.9 Å². The number of hydrogen-bond donors (Lipinski definition) is 0. The topological polar surface area (TPSA) is 18.5 Å². The van der Waals surface area contributed by atoms with Crippen molar-refractivity contribution in [3.8, 4) is 0 Å². The van der Waals surface area contributed by atoms with Crippen molar-refractivity contribution in [1.82, 2.24) is 0 Å². The van der Waals surface area contributed by atoms with Gasteiger partial charge in [-0.05, 0) is 58.2 Å². The summed E-state index contributed by atoms with van der Waals surface area (Å²) >= 11 is 0. The molecule has 1 aromatic carbocycles. The summed E-state index contributed by atoms with van der Waals surface area (Å²) in [6, 6.07) is 8.72. The van der Waals surface area contributed by atoms with Gasteiger partial charge in [0.1, 0.15) is 0 Å². The van der Waals surface area contributed by atoms with Gasteiger partial charge in [-0.15, -0.1) is 6.58 Å². The molecule has 2 nitrogen and oxygen atoms in total. The molecular formula is C19H34O2Si2. The zero-order valence-corrected chi connectivity index (χ0v) is 18.0. The van der Waals surface area contributed by atoms with Gasteiger partial charge in [-0.25, -0.2) is 0 Å². The molecule has 0 spiro atoms. The van der Waals surface area contributed by atoms with E-state index in [-0.39, 0.29) is 12.2 Å². The van der Waals surface area contributed by atoms with Gasteiger partial charge >= 0.3 is 0 Å². The monoisotopic (exact) mass is 350 g/mol. The average molecular weight is 351 g/mol. The first-order valence-electron chi connectivity index (χ1n) is 8.53. The third kappa shape index (κ3) is 8.65. The van der Waals surface area contributed by atoms with Crippen molar-refractivity contribution in [3.05, 3.63) is 48.0 Å². The Morgan fingerprint density at radius 1 is 0.957 bits per heavy atom. The van der Waals surface area contributed by atoms with E-state index in [0.717, 1.165) is 12.8 Å². The maximum Gasteiger partial charge on any atom is 0.184 e. The summed E-state index contributed by atoms with van der Waals surface area (Å²) < 4.78 is 12.9. The zero-order chi connectivity index (χ0) is 17.7. The number of hydrogen-bond acceptors (Lipinski definition) is 2. The van der Waals surface area contributed by atoms with Crippen LogP contribution < -0.4 is 0 Å². The maximum absolute atomic E-state index is 6.50. The van der Waals surface area contributed by atoms with Crippen LogP contribution in [0.5, 0.6) is 0 Å². The molecule has 130 valence electrons. The Labute approximate surface area is 145 Å². The molecule has 23 heavy (non-hydrogen) atoms. The fourth-order valence-corrected chi connectivity index (χ4v) is 4.86. The van der Waals surface area contributed by atoms with Crippen LogP contribution in [0.25, 0.3) is 0 Å². The minimum Gasteiger partial charge on any atom is -0.414 e. The summed E-state index contributed by atoms with van der Waals surface area (Å²) in [4.78, 5) is 0. The lowest BCUT2D eigenvalue weighted by Crippen LogP contribution is -2.35. The molecule has 0 aliphatic carbocycles. The smallest absolute Gasteiger partial charge is 0.184 e. The first-order valence-corrected chi connectivity index (χ1v) is 15.3. The van der Waals surface area contributed by atoms with Gasteiger partial charge in [0.25, 0.3) is 0 Å². The van der Waals surface area contributed by atoms with Crippen LogP contribution in [0.4, 0.5) is 0 Å². The molecule has 0 heterocycles. The van der Waals surface area contributed by atoms with Crippen LogP contribution in [0, 0.1) is 6.92 Å². The summed E-state index contributed by atoms with van der Waals surface area (Å²) in [6.07, 6.45) is 4.02. The molecule has 0 radical (unpaired) electrons. The van der Waals surface area contributed by atoms with Crippen LogP contribution >= 0.6 is 0 Å². The zero-order valence-electron chi connectivity index (χ0n) is 16.0. The number of aryl methyl sites for hydroxylation is 1. The van der Waals surface area contributed by atoms with E-state index in [2.05, 4.69) is 77.1 Å². The van der Waals surface area contributed by atoms with Crippen molar-refractivity contribution in [2.24, 2.45) is 0 Å². The van der Waals surface area contributed by atoms with Crippen molar-refractivity contribution in [2.75, 3.05) is 0 Å². The maximum atomic E-state index is 6.50. The molecule has 0 saturated heterocycles. The Morgan fingerprint density at radius 3 is 1.91 bits per heavy atom. The van der Waals surface area contributed by atoms with Gasteiger partial charge in [0.2, 0.25) is 0 Å². The standard InChI is InChI=1S/C19H34O2Si2/c1-9-10-18(20-22(3,4)5)15-19(21-23(6,7)8)17-13-11-16(2)12-14-17/h9,11-14,18-19H,1,10,15H2,2-8H3. The van der Waals surface area contributed by atoms with E-state index in [0.29, 0.717) is 0 Å². The summed E-state index contributed by atoms with van der Waals surface area (Å²) in [5, 5.41) is 0. The largest absolute Gasteiger partial charge is 0.414 e. The molecule has 0 aliphatic heterocycles. The normalized spacial score (nSPS) is 15.3. The molecule has 0 aliphatic rings. The third-order valence-corrected chi connectivity index (χ3v) is 5.40. The fraction of sp³-hybridized carbons (Fsp3) is 0.579. The first kappa shape index (κ1) is 20.4. The second-order valence-electron chi connectivity index (χ2n) is 8.24. The predicted octanol–water partition coefficient (Wildman–Crippen LogP) is 6.07. The second-order valence-corrected chi connectivity index (χ2v) is 17.2. The van der Waals surface area contributed by atoms with E-state index in [4.69, 9.17) is 8.85 Å². The van der Waals surface area contributed by atoms with Gasteiger partial charge in [0.05, 0.1) is 12.2 Å². The first-order chi connectivity index (χ1) is 10.5. The number of rotatable bonds is 9. The van der Waals surface area contributed by atoms with Crippen molar-refractivity contribution in [3.63, 3.8) is 0 Å². The lowest BCUT2D eigenvalue weighted by Gasteiger charge is -2.32. The molecule has 4 heteroatoms. The predicted molar refractivity (Wildman–Crippen MR) is 106 cm³/mol. The minimum atomic E-state index is -1.64. The summed E-state index contributed by atoms with van der Waals surface area (Å²) in [5.41, 5.74) is 2.53. The van der Waals surface area contributed by atoms with E-state index in [1.165, 1.54) is 11.1 Å². The van der Waals surface area contributed by atoms with Crippen molar-refractivity contribution < 1.29 is 8.85 Å². The summed E-state index contributed by atoms with van der Waals surface area (Å²) in [6.45, 7) is 19.5. The van der Waals surface area contributed by atoms with E-state index in [1.807, 2.05) is 6.08 Å². The molecular weight excluding hydrogens is 316 g/mol. The van der Waals surface area contributed by atoms with Crippen molar-refractivity contribution in [2.45, 2.75) is 71.3 Å². The van der Waals surface area contributed by atoms with E-state index in [1.54, 1.807) is 0 Å². The Balaban J connectivity index is 2.97. The SMILES string of the molecule is C=CCC(CC(O[Si](C)(C)C)c1ccc(C)cc1)O[Si](C)(C)C. The van der Waals surface area contributed by atoms with Gasteiger partial charge in [-0.2, -0.15) is 0 Å². The van der Waals surface area contributed by atoms with Gasteiger partial charge in [-0.3, -0.25) is 0 Å². The lowest BCUT2D eigenvalue weighted by atomic mass is 10.0. The van der Waals surface area contributed by atoms with E-state index >= 15 is 0 Å². The summed E-state index contributed by atoms with van der Waals surface area (Å²) in [5.74, 6) is 0. The second kappa shape index (κ2) is 8.42. The Kier molecular flexibility index (Phi) is 7.46. The van der Waals surface area contributed by atoms with Crippen LogP contribution in [0.1, 0.15) is 30.1 Å². The highest BCUT2D eigenvalue weighted by Gasteiger charge is 2.28. The molecule has 1 aromatic rings. The van der Waals surface area contributed by atoms with Gasteiger partial charge < -0.3 is 8.85 Å². The molecule has 0 amide bonds. The quantitative estimate of drug-likeness (QED) is 0.397. The fourth-order valence-electron chi connectivity index (χ4n) is 2.58. The Bertz CT molecular complexity index is 484. The lowest BCUT2D eigenvalue weighted by molar-refractivity contribution is 0.103. The number of benzene rings is 1. The van der Waals surface area contributed by atoms with Crippen molar-refractivity contribution in [1.29, 1.82) is 0 Å². The molecule has 0 saturated carbocycles. The molecule has 1 rings (SSSR count). The molecule has 0 aromatic heterocycles. The molecule has 2 unspecified atom stereocenters. The molecule has 0 N–H and O–H groups in total. The van der Waals surface area contributed by atoms with Crippen molar-refractivity contribution >= 4 is 16.6 Å². The van der Waals surface area contributed by atoms with E-state index < -0.39 is 16.6 Å². The van der Waals surface area contributed by atoms with Crippen LogP contribution in [0.2, 0.25) is 39.3 Å². The highest BCUT2D eigenvalue weighted by molar-refractivity contribution is 6.70. The minimum absolute atomic E-state index is 0.101. The van der Waals surface area contributed by atoms with E-state index in [9.17, 15) is 0 Å². The average Bonchev–Trinajstić information content (AvgIpc) is 2.35.